The van der Waals surface area contributed by atoms with Crippen molar-refractivity contribution in [1.29, 1.82) is 0 Å². The van der Waals surface area contributed by atoms with Crippen LogP contribution in [0.5, 0.6) is 0 Å². The number of hydrogen-bond acceptors (Lipinski definition) is 1. The SMILES string of the molecule is CN(C)CC[N+](C)(C)CCl.[Cl-].[NH3+][B-](c1c(F)c(F)c(F)c(F)c1F)(c1c(F)c(F)c(F)c(F)c1F)c1c(F)c(F)c(F)c(F)c1F. The van der Waals surface area contributed by atoms with Gasteiger partial charge >= 0.3 is 6.28 Å². The van der Waals surface area contributed by atoms with Crippen molar-refractivity contribution in [1.82, 2.24) is 4.90 Å². The van der Waals surface area contributed by atoms with Gasteiger partial charge in [0.15, 0.2) is 58.4 Å². The van der Waals surface area contributed by atoms with Gasteiger partial charge in [-0.1, -0.05) is 28.0 Å². The molecule has 0 aliphatic rings. The number of alkyl halides is 1. The third-order valence-electron chi connectivity index (χ3n) is 6.69. The van der Waals surface area contributed by atoms with Crippen LogP contribution in [0.3, 0.4) is 0 Å². The Kier molecular flexibility index (Phi) is 13.3. The molecule has 21 heteroatoms. The zero-order chi connectivity index (χ0) is 35.1. The second-order valence-corrected chi connectivity index (χ2v) is 10.8. The highest BCUT2D eigenvalue weighted by atomic mass is 35.5. The summed E-state index contributed by atoms with van der Waals surface area (Å²) >= 11 is 5.73. The first kappa shape index (κ1) is 41.2. The van der Waals surface area contributed by atoms with Crippen LogP contribution in [0.4, 0.5) is 65.9 Å². The zero-order valence-corrected chi connectivity index (χ0v) is 25.2. The van der Waals surface area contributed by atoms with Crippen LogP contribution in [0.2, 0.25) is 0 Å². The number of benzene rings is 3. The van der Waals surface area contributed by atoms with E-state index < -0.39 is 110 Å². The normalized spacial score (nSPS) is 11.9. The molecule has 3 aromatic carbocycles. The summed E-state index contributed by atoms with van der Waals surface area (Å²) in [5.74, 6) is -45.8. The Morgan fingerprint density at radius 2 is 0.696 bits per heavy atom. The summed E-state index contributed by atoms with van der Waals surface area (Å²) < 4.78 is 212. The fraction of sp³-hybridized carbons (Fsp3) is 0.280. The average molecular weight is 730 g/mol. The van der Waals surface area contributed by atoms with Gasteiger partial charge in [0.2, 0.25) is 0 Å². The maximum Gasteiger partial charge on any atom is 0.304 e. The molecule has 0 spiro atoms. The van der Waals surface area contributed by atoms with E-state index in [0.29, 0.717) is 6.00 Å². The molecule has 0 saturated heterocycles. The van der Waals surface area contributed by atoms with Crippen LogP contribution in [-0.4, -0.2) is 62.9 Å². The lowest BCUT2D eigenvalue weighted by molar-refractivity contribution is -0.878. The summed E-state index contributed by atoms with van der Waals surface area (Å²) in [5, 5.41) is 0. The number of nitrogens with zero attached hydrogens (tertiary/aromatic N) is 2. The van der Waals surface area contributed by atoms with Gasteiger partial charge in [-0.3, -0.25) is 0 Å². The van der Waals surface area contributed by atoms with Crippen molar-refractivity contribution in [3.05, 3.63) is 87.3 Å². The van der Waals surface area contributed by atoms with E-state index in [9.17, 15) is 65.9 Å². The molecule has 0 saturated carbocycles. The van der Waals surface area contributed by atoms with Crippen molar-refractivity contribution in [2.24, 2.45) is 0 Å². The fourth-order valence-electron chi connectivity index (χ4n) is 4.13. The Morgan fingerprint density at radius 3 is 0.870 bits per heavy atom. The van der Waals surface area contributed by atoms with Crippen LogP contribution in [0, 0.1) is 87.3 Å². The molecule has 0 aliphatic heterocycles. The molecule has 0 aliphatic carbocycles. The molecular weight excluding hydrogens is 709 g/mol. The predicted molar refractivity (Wildman–Crippen MR) is 132 cm³/mol. The second-order valence-electron chi connectivity index (χ2n) is 10.6. The lowest BCUT2D eigenvalue weighted by Crippen LogP contribution is -3.00. The summed E-state index contributed by atoms with van der Waals surface area (Å²) in [5.41, 5.74) is -5.69. The largest absolute Gasteiger partial charge is 1.00 e. The van der Waals surface area contributed by atoms with E-state index in [1.807, 2.05) is 0 Å². The van der Waals surface area contributed by atoms with Gasteiger partial charge in [-0.15, -0.1) is 0 Å². The van der Waals surface area contributed by atoms with Crippen molar-refractivity contribution in [2.75, 3.05) is 47.3 Å². The number of rotatable bonds is 7. The molecule has 3 nitrogen and oxygen atoms in total. The summed E-state index contributed by atoms with van der Waals surface area (Å²) in [6.45, 7) is 2.20. The van der Waals surface area contributed by atoms with E-state index in [-0.39, 0.29) is 12.4 Å². The van der Waals surface area contributed by atoms with Crippen molar-refractivity contribution >= 4 is 34.3 Å². The summed E-state index contributed by atoms with van der Waals surface area (Å²) in [6.07, 6.45) is -5.66. The minimum atomic E-state index is -5.66. The fourth-order valence-corrected chi connectivity index (χ4v) is 4.25. The first-order valence-corrected chi connectivity index (χ1v) is 12.6. The predicted octanol–water partition coefficient (Wildman–Crippen LogP) is 0.807. The van der Waals surface area contributed by atoms with E-state index in [0.717, 1.165) is 17.6 Å². The van der Waals surface area contributed by atoms with Gasteiger partial charge in [-0.2, -0.15) is 0 Å². The molecule has 0 bridgehead atoms. The third-order valence-corrected chi connectivity index (χ3v) is 7.33. The topological polar surface area (TPSA) is 30.9 Å². The molecule has 0 fully saturated rings. The second kappa shape index (κ2) is 14.9. The van der Waals surface area contributed by atoms with E-state index in [1.54, 1.807) is 0 Å². The quantitative estimate of drug-likeness (QED) is 0.0731. The van der Waals surface area contributed by atoms with Crippen LogP contribution in [0.1, 0.15) is 0 Å². The van der Waals surface area contributed by atoms with E-state index >= 15 is 0 Å². The summed E-state index contributed by atoms with van der Waals surface area (Å²) in [6, 6.07) is 0.688. The highest BCUT2D eigenvalue weighted by molar-refractivity contribution is 7.05. The zero-order valence-electron chi connectivity index (χ0n) is 23.7. The van der Waals surface area contributed by atoms with Crippen molar-refractivity contribution < 1.29 is 88.4 Å². The maximum absolute atomic E-state index is 14.6. The van der Waals surface area contributed by atoms with Gasteiger partial charge in [0, 0.05) is 6.54 Å². The van der Waals surface area contributed by atoms with Gasteiger partial charge in [0.05, 0.1) is 20.6 Å². The molecule has 258 valence electrons. The lowest BCUT2D eigenvalue weighted by Gasteiger charge is -2.35. The summed E-state index contributed by atoms with van der Waals surface area (Å²) in [4.78, 5) is 2.17. The van der Waals surface area contributed by atoms with Crippen molar-refractivity contribution in [3.63, 3.8) is 0 Å². The molecule has 3 rings (SSSR count). The van der Waals surface area contributed by atoms with Crippen LogP contribution < -0.4 is 34.4 Å². The van der Waals surface area contributed by atoms with Gasteiger partial charge in [-0.25, -0.2) is 65.9 Å². The minimum Gasteiger partial charge on any atom is -1.00 e. The number of hydrogen-bond donors (Lipinski definition) is 1. The Balaban J connectivity index is 0.000000831. The lowest BCUT2D eigenvalue weighted by atomic mass is 9.24. The highest BCUT2D eigenvalue weighted by Crippen LogP contribution is 2.25. The standard InChI is InChI=1S/C18H3BF15N.C7H18ClN2.ClH/c20-4-1(5(21)11(27)16(32)10(4)26)19(35,2-6(22)12(28)17(33)13(29)7(2)23)3-8(24)14(30)18(34)15(31)9(3)25;1-9(2)5-6-10(3,4)7-8;/h35H3;5-7H2,1-4H3;1H/q;+1;/p-1. The molecule has 46 heavy (non-hydrogen) atoms. The average Bonchev–Trinajstić information content (AvgIpc) is 2.98. The van der Waals surface area contributed by atoms with E-state index in [2.05, 4.69) is 38.7 Å². The molecule has 3 N–H and O–H groups in total. The highest BCUT2D eigenvalue weighted by Gasteiger charge is 2.51. The first-order valence-electron chi connectivity index (χ1n) is 12.1. The number of halogens is 17. The monoisotopic (exact) mass is 729 g/mol. The van der Waals surface area contributed by atoms with Crippen LogP contribution in [0.25, 0.3) is 0 Å². The Hall–Kier alpha value is -2.87. The summed E-state index contributed by atoms with van der Waals surface area (Å²) in [7, 11) is 8.43. The third kappa shape index (κ3) is 7.17. The number of quaternary nitrogens is 2. The molecule has 0 amide bonds. The van der Waals surface area contributed by atoms with E-state index in [4.69, 9.17) is 11.6 Å². The van der Waals surface area contributed by atoms with Crippen LogP contribution >= 0.6 is 11.6 Å². The Bertz CT molecular complexity index is 1380. The Morgan fingerprint density at radius 1 is 0.500 bits per heavy atom. The smallest absolute Gasteiger partial charge is 0.304 e. The molecule has 0 radical (unpaired) electrons. The van der Waals surface area contributed by atoms with Crippen LogP contribution in [-0.2, 0) is 0 Å². The number of likely N-dealkylation sites (N-methyl/N-ethyl adjacent to an activating group) is 2. The van der Waals surface area contributed by atoms with Gasteiger partial charge in [0.25, 0.3) is 0 Å². The maximum atomic E-state index is 14.6. The van der Waals surface area contributed by atoms with Crippen molar-refractivity contribution in [3.8, 4) is 0 Å². The molecule has 0 aromatic heterocycles. The molecule has 3 aromatic rings. The van der Waals surface area contributed by atoms with Crippen LogP contribution in [0.15, 0.2) is 0 Å². The molecular formula is C25H21BCl2F15N3. The minimum absolute atomic E-state index is 0. The van der Waals surface area contributed by atoms with E-state index in [1.165, 1.54) is 0 Å². The van der Waals surface area contributed by atoms with Crippen molar-refractivity contribution in [2.45, 2.75) is 0 Å². The van der Waals surface area contributed by atoms with Gasteiger partial charge in [-0.05, 0) is 14.1 Å². The molecule has 0 atom stereocenters. The first-order chi connectivity index (χ1) is 20.5. The van der Waals surface area contributed by atoms with Gasteiger partial charge < -0.3 is 27.4 Å². The molecule has 0 heterocycles. The Labute approximate surface area is 262 Å². The van der Waals surface area contributed by atoms with Gasteiger partial charge in [0.1, 0.15) is 34.9 Å². The molecule has 0 unspecified atom stereocenters.